The van der Waals surface area contributed by atoms with Crippen molar-refractivity contribution in [1.29, 1.82) is 0 Å². The summed E-state index contributed by atoms with van der Waals surface area (Å²) in [5, 5.41) is 0. The van der Waals surface area contributed by atoms with Gasteiger partial charge in [-0.25, -0.2) is 4.79 Å². The smallest absolute Gasteiger partial charge is 0.330 e. The Hall–Kier alpha value is -1.45. The summed E-state index contributed by atoms with van der Waals surface area (Å²) < 4.78 is 34.8. The summed E-state index contributed by atoms with van der Waals surface area (Å²) in [5.41, 5.74) is -0.635. The number of aromatic nitrogens is 2. The van der Waals surface area contributed by atoms with E-state index in [0.29, 0.717) is 12.0 Å². The SMILES string of the molecule is Cc1cn([C@H]2C[C@@H]3OS(=O)(=O)CC[C@H]3O2)c(=O)[nH]c1=O. The summed E-state index contributed by atoms with van der Waals surface area (Å²) in [5.74, 6) is -0.0829. The van der Waals surface area contributed by atoms with Gasteiger partial charge in [-0.05, 0) is 13.3 Å². The number of hydrogen-bond acceptors (Lipinski definition) is 6. The van der Waals surface area contributed by atoms with E-state index in [1.54, 1.807) is 6.92 Å². The number of H-pyrrole nitrogens is 1. The van der Waals surface area contributed by atoms with E-state index in [-0.39, 0.29) is 18.3 Å². The minimum atomic E-state index is -3.49. The molecule has 3 heterocycles. The molecule has 1 N–H and O–H groups in total. The third kappa shape index (κ3) is 2.32. The summed E-state index contributed by atoms with van der Waals surface area (Å²) in [6.45, 7) is 1.58. The van der Waals surface area contributed by atoms with E-state index in [4.69, 9.17) is 8.92 Å². The van der Waals surface area contributed by atoms with Crippen LogP contribution in [-0.2, 0) is 19.0 Å². The molecule has 3 rings (SSSR count). The molecule has 0 radical (unpaired) electrons. The van der Waals surface area contributed by atoms with Crippen LogP contribution in [0, 0.1) is 6.92 Å². The summed E-state index contributed by atoms with van der Waals surface area (Å²) in [6.07, 6.45) is 0.481. The normalized spacial score (nSPS) is 31.9. The van der Waals surface area contributed by atoms with Gasteiger partial charge in [0.25, 0.3) is 15.7 Å². The molecular weight excluding hydrogens is 288 g/mol. The van der Waals surface area contributed by atoms with Gasteiger partial charge in [0, 0.05) is 18.2 Å². The Kier molecular flexibility index (Phi) is 3.07. The molecule has 2 fully saturated rings. The lowest BCUT2D eigenvalue weighted by molar-refractivity contribution is -0.0219. The van der Waals surface area contributed by atoms with Crippen LogP contribution in [0.3, 0.4) is 0 Å². The predicted octanol–water partition coefficient (Wildman–Crippen LogP) is -0.749. The van der Waals surface area contributed by atoms with E-state index >= 15 is 0 Å². The maximum Gasteiger partial charge on any atom is 0.330 e. The molecule has 0 aliphatic carbocycles. The fraction of sp³-hybridized carbons (Fsp3) is 0.636. The molecular formula is C11H14N2O6S. The third-order valence-corrected chi connectivity index (χ3v) is 4.84. The van der Waals surface area contributed by atoms with Crippen molar-refractivity contribution in [2.75, 3.05) is 5.75 Å². The molecule has 0 spiro atoms. The minimum absolute atomic E-state index is 0.0829. The number of nitrogens with one attached hydrogen (secondary N) is 1. The zero-order valence-corrected chi connectivity index (χ0v) is 11.6. The van der Waals surface area contributed by atoms with Crippen LogP contribution in [0.4, 0.5) is 0 Å². The van der Waals surface area contributed by atoms with Crippen molar-refractivity contribution >= 4 is 10.1 Å². The van der Waals surface area contributed by atoms with Gasteiger partial charge in [0.05, 0.1) is 11.9 Å². The molecule has 0 aromatic carbocycles. The number of ether oxygens (including phenoxy) is 1. The Balaban J connectivity index is 1.90. The Morgan fingerprint density at radius 3 is 2.85 bits per heavy atom. The summed E-state index contributed by atoms with van der Waals surface area (Å²) in [6, 6.07) is 0. The van der Waals surface area contributed by atoms with Crippen LogP contribution in [-0.4, -0.2) is 35.9 Å². The van der Waals surface area contributed by atoms with Crippen LogP contribution < -0.4 is 11.2 Å². The molecule has 2 aliphatic heterocycles. The van der Waals surface area contributed by atoms with Gasteiger partial charge >= 0.3 is 5.69 Å². The topological polar surface area (TPSA) is 107 Å². The summed E-state index contributed by atoms with van der Waals surface area (Å²) in [7, 11) is -3.49. The van der Waals surface area contributed by atoms with E-state index in [1.165, 1.54) is 10.8 Å². The van der Waals surface area contributed by atoms with Crippen molar-refractivity contribution in [2.24, 2.45) is 0 Å². The number of aryl methyl sites for hydroxylation is 1. The molecule has 20 heavy (non-hydrogen) atoms. The Morgan fingerprint density at radius 1 is 1.35 bits per heavy atom. The molecule has 0 amide bonds. The molecule has 3 atom stereocenters. The Morgan fingerprint density at radius 2 is 2.10 bits per heavy atom. The van der Waals surface area contributed by atoms with E-state index in [2.05, 4.69) is 4.98 Å². The van der Waals surface area contributed by atoms with E-state index in [1.807, 2.05) is 0 Å². The van der Waals surface area contributed by atoms with Crippen LogP contribution in [0.25, 0.3) is 0 Å². The fourth-order valence-electron chi connectivity index (χ4n) is 2.53. The standard InChI is InChI=1S/C11H14N2O6S/c1-6-5-13(11(15)12-10(6)14)9-4-8-7(18-9)2-3-20(16,17)19-8/h5,7-9H,2-4H2,1H3,(H,12,14,15)/t7-,8+,9-/m1/s1. The van der Waals surface area contributed by atoms with Gasteiger partial charge in [-0.15, -0.1) is 0 Å². The highest BCUT2D eigenvalue weighted by molar-refractivity contribution is 7.86. The van der Waals surface area contributed by atoms with E-state index in [9.17, 15) is 18.0 Å². The molecule has 0 bridgehead atoms. The van der Waals surface area contributed by atoms with Crippen molar-refractivity contribution in [3.8, 4) is 0 Å². The number of rotatable bonds is 1. The highest BCUT2D eigenvalue weighted by atomic mass is 32.2. The number of aromatic amines is 1. The second-order valence-electron chi connectivity index (χ2n) is 5.03. The monoisotopic (exact) mass is 302 g/mol. The highest BCUT2D eigenvalue weighted by Crippen LogP contribution is 2.35. The maximum atomic E-state index is 11.8. The van der Waals surface area contributed by atoms with Gasteiger partial charge in [0.2, 0.25) is 0 Å². The summed E-state index contributed by atoms with van der Waals surface area (Å²) in [4.78, 5) is 25.3. The van der Waals surface area contributed by atoms with Crippen molar-refractivity contribution in [2.45, 2.75) is 38.2 Å². The molecule has 9 heteroatoms. The molecule has 0 unspecified atom stereocenters. The van der Waals surface area contributed by atoms with E-state index < -0.39 is 33.7 Å². The van der Waals surface area contributed by atoms with Crippen molar-refractivity contribution < 1.29 is 17.3 Å². The maximum absolute atomic E-state index is 11.8. The average Bonchev–Trinajstić information content (AvgIpc) is 2.74. The minimum Gasteiger partial charge on any atom is -0.352 e. The fourth-order valence-corrected chi connectivity index (χ4v) is 3.72. The van der Waals surface area contributed by atoms with Crippen LogP contribution in [0.1, 0.15) is 24.6 Å². The van der Waals surface area contributed by atoms with Gasteiger partial charge in [0.15, 0.2) is 0 Å². The first kappa shape index (κ1) is 13.5. The van der Waals surface area contributed by atoms with Crippen molar-refractivity contribution in [3.63, 3.8) is 0 Å². The number of nitrogens with zero attached hydrogens (tertiary/aromatic N) is 1. The van der Waals surface area contributed by atoms with Crippen LogP contribution >= 0.6 is 0 Å². The van der Waals surface area contributed by atoms with Gasteiger partial charge in [0.1, 0.15) is 12.3 Å². The Bertz CT molecular complexity index is 749. The van der Waals surface area contributed by atoms with E-state index in [0.717, 1.165) is 0 Å². The molecule has 1 aromatic rings. The first-order valence-electron chi connectivity index (χ1n) is 6.24. The molecule has 8 nitrogen and oxygen atoms in total. The van der Waals surface area contributed by atoms with Gasteiger partial charge < -0.3 is 4.74 Å². The lowest BCUT2D eigenvalue weighted by atomic mass is 10.1. The Labute approximate surface area is 114 Å². The second kappa shape index (κ2) is 4.54. The zero-order valence-electron chi connectivity index (χ0n) is 10.7. The zero-order chi connectivity index (χ0) is 14.5. The van der Waals surface area contributed by atoms with Crippen LogP contribution in [0.15, 0.2) is 15.8 Å². The second-order valence-corrected chi connectivity index (χ2v) is 6.74. The van der Waals surface area contributed by atoms with Crippen LogP contribution in [0.5, 0.6) is 0 Å². The predicted molar refractivity (Wildman–Crippen MR) is 67.9 cm³/mol. The first-order chi connectivity index (χ1) is 9.35. The van der Waals surface area contributed by atoms with Crippen LogP contribution in [0.2, 0.25) is 0 Å². The van der Waals surface area contributed by atoms with Gasteiger partial charge in [-0.2, -0.15) is 8.42 Å². The summed E-state index contributed by atoms with van der Waals surface area (Å²) >= 11 is 0. The third-order valence-electron chi connectivity index (χ3n) is 3.56. The molecule has 110 valence electrons. The molecule has 2 saturated heterocycles. The molecule has 2 aliphatic rings. The number of fused-ring (bicyclic) bond motifs is 1. The first-order valence-corrected chi connectivity index (χ1v) is 7.82. The number of hydrogen-bond donors (Lipinski definition) is 1. The van der Waals surface area contributed by atoms with Gasteiger partial charge in [-0.1, -0.05) is 0 Å². The lowest BCUT2D eigenvalue weighted by Gasteiger charge is -2.23. The largest absolute Gasteiger partial charge is 0.352 e. The van der Waals surface area contributed by atoms with Crippen molar-refractivity contribution in [3.05, 3.63) is 32.6 Å². The lowest BCUT2D eigenvalue weighted by Crippen LogP contribution is -2.35. The highest BCUT2D eigenvalue weighted by Gasteiger charge is 2.43. The molecule has 0 saturated carbocycles. The average molecular weight is 302 g/mol. The van der Waals surface area contributed by atoms with Crippen molar-refractivity contribution in [1.82, 2.24) is 9.55 Å². The molecule has 1 aromatic heterocycles. The quantitative estimate of drug-likeness (QED) is 0.684. The van der Waals surface area contributed by atoms with Gasteiger partial charge in [-0.3, -0.25) is 18.5 Å².